The molecule has 1 aromatic heterocycles. The molecule has 0 aliphatic heterocycles. The first-order valence-electron chi connectivity index (χ1n) is 6.64. The molecule has 3 N–H and O–H groups in total. The van der Waals surface area contributed by atoms with E-state index in [0.29, 0.717) is 5.69 Å². The number of aliphatic hydroxyl groups is 1. The second kappa shape index (κ2) is 6.78. The van der Waals surface area contributed by atoms with Crippen LogP contribution in [0.2, 0.25) is 0 Å². The molecule has 23 heavy (non-hydrogen) atoms. The Hall–Kier alpha value is -2.42. The van der Waals surface area contributed by atoms with Crippen LogP contribution in [0.4, 0.5) is 35.0 Å². The molecule has 0 bridgehead atoms. The lowest BCUT2D eigenvalue weighted by Gasteiger charge is -2.15. The summed E-state index contributed by atoms with van der Waals surface area (Å²) < 4.78 is 51.6. The van der Waals surface area contributed by atoms with E-state index in [0.717, 1.165) is 6.07 Å². The van der Waals surface area contributed by atoms with Gasteiger partial charge in [-0.3, -0.25) is 0 Å². The summed E-state index contributed by atoms with van der Waals surface area (Å²) in [6.45, 7) is 1.27. The second-order valence-corrected chi connectivity index (χ2v) is 4.82. The zero-order chi connectivity index (χ0) is 17.0. The lowest BCUT2D eigenvalue weighted by atomic mass is 10.3. The van der Waals surface area contributed by atoms with Crippen molar-refractivity contribution in [1.29, 1.82) is 0 Å². The number of anilines is 3. The van der Waals surface area contributed by atoms with Gasteiger partial charge in [0.1, 0.15) is 11.6 Å². The molecule has 2 aromatic rings. The van der Waals surface area contributed by atoms with E-state index in [2.05, 4.69) is 20.6 Å². The van der Waals surface area contributed by atoms with Crippen LogP contribution in [-0.2, 0) is 6.18 Å². The lowest BCUT2D eigenvalue weighted by molar-refractivity contribution is -0.141. The highest BCUT2D eigenvalue weighted by molar-refractivity contribution is 5.57. The largest absolute Gasteiger partial charge is 0.433 e. The van der Waals surface area contributed by atoms with Crippen molar-refractivity contribution in [3.8, 4) is 0 Å². The van der Waals surface area contributed by atoms with Gasteiger partial charge in [-0.1, -0.05) is 0 Å². The topological polar surface area (TPSA) is 70.1 Å². The third-order valence-corrected chi connectivity index (χ3v) is 2.78. The molecular weight excluding hydrogens is 316 g/mol. The van der Waals surface area contributed by atoms with Crippen LogP contribution in [0.3, 0.4) is 0 Å². The van der Waals surface area contributed by atoms with Crippen molar-refractivity contribution in [3.63, 3.8) is 0 Å². The molecule has 0 saturated heterocycles. The molecule has 1 heterocycles. The molecule has 1 atom stereocenters. The van der Waals surface area contributed by atoms with Gasteiger partial charge in [-0.15, -0.1) is 0 Å². The van der Waals surface area contributed by atoms with Gasteiger partial charge in [-0.2, -0.15) is 18.2 Å². The SMILES string of the molecule is C[C@@H](CO)Nc1nc(Nc2ccc(F)cc2)cc(C(F)(F)F)n1. The number of aromatic nitrogens is 2. The molecule has 124 valence electrons. The molecule has 0 spiro atoms. The van der Waals surface area contributed by atoms with Gasteiger partial charge in [0.15, 0.2) is 5.69 Å². The third kappa shape index (κ3) is 4.78. The number of aliphatic hydroxyl groups excluding tert-OH is 1. The normalized spacial score (nSPS) is 12.8. The molecular formula is C14H14F4N4O. The minimum absolute atomic E-state index is 0.105. The molecule has 0 radical (unpaired) electrons. The predicted molar refractivity (Wildman–Crippen MR) is 76.9 cm³/mol. The number of rotatable bonds is 5. The molecule has 0 unspecified atom stereocenters. The van der Waals surface area contributed by atoms with E-state index < -0.39 is 23.7 Å². The van der Waals surface area contributed by atoms with Crippen LogP contribution in [0, 0.1) is 5.82 Å². The van der Waals surface area contributed by atoms with E-state index in [4.69, 9.17) is 5.11 Å². The number of hydrogen-bond acceptors (Lipinski definition) is 5. The van der Waals surface area contributed by atoms with Crippen LogP contribution < -0.4 is 10.6 Å². The molecule has 0 saturated carbocycles. The first-order chi connectivity index (χ1) is 10.8. The number of halogens is 4. The van der Waals surface area contributed by atoms with Crippen molar-refractivity contribution in [2.24, 2.45) is 0 Å². The zero-order valence-corrected chi connectivity index (χ0v) is 12.0. The fraction of sp³-hybridized carbons (Fsp3) is 0.286. The predicted octanol–water partition coefficient (Wildman–Crippen LogP) is 3.17. The number of benzene rings is 1. The Labute approximate surface area is 129 Å². The minimum Gasteiger partial charge on any atom is -0.394 e. The van der Waals surface area contributed by atoms with Crippen molar-refractivity contribution in [3.05, 3.63) is 41.8 Å². The summed E-state index contributed by atoms with van der Waals surface area (Å²) >= 11 is 0. The first kappa shape index (κ1) is 16.9. The number of nitrogens with one attached hydrogen (secondary N) is 2. The van der Waals surface area contributed by atoms with Crippen LogP contribution in [0.5, 0.6) is 0 Å². The van der Waals surface area contributed by atoms with Gasteiger partial charge in [-0.05, 0) is 31.2 Å². The highest BCUT2D eigenvalue weighted by Crippen LogP contribution is 2.30. The van der Waals surface area contributed by atoms with Crippen LogP contribution in [0.15, 0.2) is 30.3 Å². The Balaban J connectivity index is 2.33. The van der Waals surface area contributed by atoms with Crippen LogP contribution in [0.1, 0.15) is 12.6 Å². The highest BCUT2D eigenvalue weighted by atomic mass is 19.4. The summed E-state index contributed by atoms with van der Waals surface area (Å²) in [5, 5.41) is 14.2. The number of hydrogen-bond donors (Lipinski definition) is 3. The first-order valence-corrected chi connectivity index (χ1v) is 6.64. The van der Waals surface area contributed by atoms with Gasteiger partial charge in [0, 0.05) is 17.8 Å². The van der Waals surface area contributed by atoms with Crippen molar-refractivity contribution < 1.29 is 22.7 Å². The average molecular weight is 330 g/mol. The Morgan fingerprint density at radius 2 is 1.83 bits per heavy atom. The number of alkyl halides is 3. The molecule has 9 heteroatoms. The maximum Gasteiger partial charge on any atom is 0.433 e. The maximum absolute atomic E-state index is 12.9. The van der Waals surface area contributed by atoms with Gasteiger partial charge in [-0.25, -0.2) is 9.37 Å². The Kier molecular flexibility index (Phi) is 4.99. The Morgan fingerprint density at radius 1 is 1.17 bits per heavy atom. The Morgan fingerprint density at radius 3 is 2.39 bits per heavy atom. The summed E-state index contributed by atoms with van der Waals surface area (Å²) in [6, 6.07) is 5.31. The standard InChI is InChI=1S/C14H14F4N4O/c1-8(7-23)19-13-21-11(14(16,17)18)6-12(22-13)20-10-4-2-9(15)3-5-10/h2-6,8,23H,7H2,1H3,(H2,19,20,21,22)/t8-/m0/s1. The fourth-order valence-corrected chi connectivity index (χ4v) is 1.67. The van der Waals surface area contributed by atoms with Gasteiger partial charge in [0.2, 0.25) is 5.95 Å². The molecule has 0 amide bonds. The Bertz CT molecular complexity index is 661. The van der Waals surface area contributed by atoms with Crippen LogP contribution >= 0.6 is 0 Å². The van der Waals surface area contributed by atoms with Gasteiger partial charge in [0.25, 0.3) is 0 Å². The summed E-state index contributed by atoms with van der Waals surface area (Å²) in [7, 11) is 0. The smallest absolute Gasteiger partial charge is 0.394 e. The van der Waals surface area contributed by atoms with E-state index in [-0.39, 0.29) is 18.4 Å². The molecule has 0 aliphatic carbocycles. The van der Waals surface area contributed by atoms with Crippen molar-refractivity contribution >= 4 is 17.5 Å². The zero-order valence-electron chi connectivity index (χ0n) is 12.0. The fourth-order valence-electron chi connectivity index (χ4n) is 1.67. The van der Waals surface area contributed by atoms with Gasteiger partial charge in [0.05, 0.1) is 6.61 Å². The summed E-state index contributed by atoms with van der Waals surface area (Å²) in [6.07, 6.45) is -4.65. The van der Waals surface area contributed by atoms with Gasteiger partial charge >= 0.3 is 6.18 Å². The van der Waals surface area contributed by atoms with E-state index >= 15 is 0 Å². The van der Waals surface area contributed by atoms with Crippen molar-refractivity contribution in [1.82, 2.24) is 9.97 Å². The highest BCUT2D eigenvalue weighted by Gasteiger charge is 2.33. The van der Waals surface area contributed by atoms with Crippen LogP contribution in [0.25, 0.3) is 0 Å². The van der Waals surface area contributed by atoms with Crippen LogP contribution in [-0.4, -0.2) is 27.7 Å². The van der Waals surface area contributed by atoms with Gasteiger partial charge < -0.3 is 15.7 Å². The van der Waals surface area contributed by atoms with E-state index in [1.165, 1.54) is 24.3 Å². The molecule has 0 fully saturated rings. The molecule has 5 nitrogen and oxygen atoms in total. The maximum atomic E-state index is 12.9. The second-order valence-electron chi connectivity index (χ2n) is 4.82. The summed E-state index contributed by atoms with van der Waals surface area (Å²) in [4.78, 5) is 7.30. The minimum atomic E-state index is -4.65. The molecule has 0 aliphatic rings. The van der Waals surface area contributed by atoms with E-state index in [9.17, 15) is 17.6 Å². The number of nitrogens with zero attached hydrogens (tertiary/aromatic N) is 2. The molecule has 2 rings (SSSR count). The van der Waals surface area contributed by atoms with E-state index in [1.807, 2.05) is 0 Å². The lowest BCUT2D eigenvalue weighted by Crippen LogP contribution is -2.22. The van der Waals surface area contributed by atoms with Crippen molar-refractivity contribution in [2.75, 3.05) is 17.2 Å². The van der Waals surface area contributed by atoms with E-state index in [1.54, 1.807) is 6.92 Å². The van der Waals surface area contributed by atoms with Crippen molar-refractivity contribution in [2.45, 2.75) is 19.1 Å². The third-order valence-electron chi connectivity index (χ3n) is 2.78. The summed E-state index contributed by atoms with van der Waals surface area (Å²) in [5.74, 6) is -0.842. The summed E-state index contributed by atoms with van der Waals surface area (Å²) in [5.41, 5.74) is -0.760. The monoisotopic (exact) mass is 330 g/mol. The molecule has 1 aromatic carbocycles. The quantitative estimate of drug-likeness (QED) is 0.735. The average Bonchev–Trinajstić information content (AvgIpc) is 2.48.